The second kappa shape index (κ2) is 8.78. The Kier molecular flexibility index (Phi) is 6.22. The third kappa shape index (κ3) is 4.49. The maximum Gasteiger partial charge on any atom is 0.260 e. The number of ketones is 1. The average Bonchev–Trinajstić information content (AvgIpc) is 2.74. The molecule has 2 heterocycles. The number of carbonyl (C=O) groups is 2. The van der Waals surface area contributed by atoms with Crippen LogP contribution in [-0.4, -0.2) is 41.9 Å². The molecule has 170 valence electrons. The fraction of sp³-hybridized carbons (Fsp3) is 0.462. The van der Waals surface area contributed by atoms with Crippen LogP contribution in [0.3, 0.4) is 0 Å². The number of hydrogen-bond acceptors (Lipinski definition) is 4. The first-order chi connectivity index (χ1) is 15.2. The molecule has 6 heteroatoms. The highest BCUT2D eigenvalue weighted by Gasteiger charge is 2.43. The van der Waals surface area contributed by atoms with Crippen LogP contribution in [0.2, 0.25) is 5.02 Å². The molecule has 0 radical (unpaired) electrons. The molecule has 1 spiro atoms. The molecule has 1 amide bonds. The summed E-state index contributed by atoms with van der Waals surface area (Å²) in [5.41, 5.74) is 3.09. The number of halogens is 1. The first kappa shape index (κ1) is 22.7. The normalized spacial score (nSPS) is 17.3. The summed E-state index contributed by atoms with van der Waals surface area (Å²) in [6, 6.07) is 9.66. The molecule has 0 saturated carbocycles. The van der Waals surface area contributed by atoms with Gasteiger partial charge in [0.15, 0.2) is 12.4 Å². The van der Waals surface area contributed by atoms with Gasteiger partial charge in [-0.3, -0.25) is 9.59 Å². The van der Waals surface area contributed by atoms with Gasteiger partial charge >= 0.3 is 0 Å². The van der Waals surface area contributed by atoms with E-state index in [-0.39, 0.29) is 18.3 Å². The standard InChI is InChI=1S/C26H30ClNO4/c1-16(2)19-6-5-17(3)11-23(19)31-15-25(30)28-9-7-26(8-10-28)14-22(29)20-13-21(27)18(4)12-24(20)32-26/h5-6,11-13,16H,7-10,14-15H2,1-4H3. The van der Waals surface area contributed by atoms with Crippen LogP contribution in [0.5, 0.6) is 11.5 Å². The van der Waals surface area contributed by atoms with Gasteiger partial charge < -0.3 is 14.4 Å². The van der Waals surface area contributed by atoms with Crippen LogP contribution in [0.15, 0.2) is 30.3 Å². The quantitative estimate of drug-likeness (QED) is 0.612. The average molecular weight is 456 g/mol. The summed E-state index contributed by atoms with van der Waals surface area (Å²) >= 11 is 6.19. The minimum absolute atomic E-state index is 0.0104. The van der Waals surface area contributed by atoms with Crippen molar-refractivity contribution in [3.63, 3.8) is 0 Å². The molecule has 0 aliphatic carbocycles. The molecule has 0 unspecified atom stereocenters. The fourth-order valence-corrected chi connectivity index (χ4v) is 4.70. The van der Waals surface area contributed by atoms with Crippen molar-refractivity contribution >= 4 is 23.3 Å². The van der Waals surface area contributed by atoms with E-state index in [4.69, 9.17) is 21.1 Å². The van der Waals surface area contributed by atoms with Gasteiger partial charge in [-0.2, -0.15) is 0 Å². The van der Waals surface area contributed by atoms with Crippen molar-refractivity contribution in [3.8, 4) is 11.5 Å². The molecule has 2 aromatic carbocycles. The van der Waals surface area contributed by atoms with E-state index >= 15 is 0 Å². The van der Waals surface area contributed by atoms with Crippen LogP contribution in [0.1, 0.15) is 66.1 Å². The van der Waals surface area contributed by atoms with Crippen molar-refractivity contribution in [1.29, 1.82) is 0 Å². The van der Waals surface area contributed by atoms with Gasteiger partial charge in [-0.1, -0.05) is 37.6 Å². The highest BCUT2D eigenvalue weighted by Crippen LogP contribution is 2.41. The van der Waals surface area contributed by atoms with Gasteiger partial charge in [0, 0.05) is 31.0 Å². The SMILES string of the molecule is Cc1ccc(C(C)C)c(OCC(=O)N2CCC3(CC2)CC(=O)c2cc(Cl)c(C)cc2O3)c1. The number of likely N-dealkylation sites (tertiary alicyclic amines) is 1. The largest absolute Gasteiger partial charge is 0.486 e. The molecule has 2 aliphatic heterocycles. The van der Waals surface area contributed by atoms with E-state index in [2.05, 4.69) is 26.0 Å². The van der Waals surface area contributed by atoms with Gasteiger partial charge in [-0.15, -0.1) is 0 Å². The minimum atomic E-state index is -0.552. The third-order valence-corrected chi connectivity index (χ3v) is 6.95. The molecule has 0 bridgehead atoms. The van der Waals surface area contributed by atoms with E-state index in [0.717, 1.165) is 22.4 Å². The summed E-state index contributed by atoms with van der Waals surface area (Å²) in [6.45, 7) is 9.24. The highest BCUT2D eigenvalue weighted by atomic mass is 35.5. The number of fused-ring (bicyclic) bond motifs is 1. The predicted octanol–water partition coefficient (Wildman–Crippen LogP) is 5.49. The number of piperidine rings is 1. The number of hydrogen-bond donors (Lipinski definition) is 0. The molecular weight excluding hydrogens is 426 g/mol. The molecule has 2 aromatic rings. The van der Waals surface area contributed by atoms with Crippen molar-refractivity contribution in [2.24, 2.45) is 0 Å². The lowest BCUT2D eigenvalue weighted by atomic mass is 9.82. The Labute approximate surface area is 194 Å². The van der Waals surface area contributed by atoms with Crippen molar-refractivity contribution in [2.75, 3.05) is 19.7 Å². The second-order valence-electron chi connectivity index (χ2n) is 9.35. The van der Waals surface area contributed by atoms with E-state index in [1.54, 1.807) is 6.07 Å². The Balaban J connectivity index is 1.39. The van der Waals surface area contributed by atoms with Gasteiger partial charge in [-0.25, -0.2) is 0 Å². The Morgan fingerprint density at radius 2 is 1.91 bits per heavy atom. The first-order valence-electron chi connectivity index (χ1n) is 11.2. The lowest BCUT2D eigenvalue weighted by Crippen LogP contribution is -2.53. The summed E-state index contributed by atoms with van der Waals surface area (Å²) < 4.78 is 12.3. The fourth-order valence-electron chi connectivity index (χ4n) is 4.53. The maximum atomic E-state index is 12.8. The minimum Gasteiger partial charge on any atom is -0.486 e. The van der Waals surface area contributed by atoms with Crippen LogP contribution >= 0.6 is 11.6 Å². The molecule has 4 rings (SSSR count). The van der Waals surface area contributed by atoms with Crippen LogP contribution in [0, 0.1) is 13.8 Å². The zero-order valence-corrected chi connectivity index (χ0v) is 19.9. The van der Waals surface area contributed by atoms with E-state index in [1.807, 2.05) is 30.9 Å². The Hall–Kier alpha value is -2.53. The number of carbonyl (C=O) groups excluding carboxylic acids is 2. The van der Waals surface area contributed by atoms with Crippen LogP contribution in [0.25, 0.3) is 0 Å². The number of benzene rings is 2. The van der Waals surface area contributed by atoms with E-state index in [9.17, 15) is 9.59 Å². The topological polar surface area (TPSA) is 55.8 Å². The summed E-state index contributed by atoms with van der Waals surface area (Å²) in [5.74, 6) is 1.71. The highest BCUT2D eigenvalue weighted by molar-refractivity contribution is 6.31. The van der Waals surface area contributed by atoms with Gasteiger partial charge in [0.05, 0.1) is 12.0 Å². The van der Waals surface area contributed by atoms with Crippen molar-refractivity contribution < 1.29 is 19.1 Å². The zero-order chi connectivity index (χ0) is 23.0. The summed E-state index contributed by atoms with van der Waals surface area (Å²) in [5, 5.41) is 0.575. The van der Waals surface area contributed by atoms with E-state index in [0.29, 0.717) is 54.6 Å². The van der Waals surface area contributed by atoms with Gasteiger partial charge in [0.2, 0.25) is 0 Å². The second-order valence-corrected chi connectivity index (χ2v) is 9.76. The number of rotatable bonds is 4. The summed E-state index contributed by atoms with van der Waals surface area (Å²) in [6.07, 6.45) is 1.56. The third-order valence-electron chi connectivity index (χ3n) is 6.54. The van der Waals surface area contributed by atoms with Gasteiger partial charge in [-0.05, 0) is 54.7 Å². The lowest BCUT2D eigenvalue weighted by Gasteiger charge is -2.44. The van der Waals surface area contributed by atoms with Crippen LogP contribution in [-0.2, 0) is 4.79 Å². The molecule has 0 N–H and O–H groups in total. The monoisotopic (exact) mass is 455 g/mol. The number of nitrogens with zero attached hydrogens (tertiary/aromatic N) is 1. The summed E-state index contributed by atoms with van der Waals surface area (Å²) in [7, 11) is 0. The Morgan fingerprint density at radius 1 is 1.19 bits per heavy atom. The van der Waals surface area contributed by atoms with Gasteiger partial charge in [0.1, 0.15) is 17.1 Å². The van der Waals surface area contributed by atoms with Gasteiger partial charge in [0.25, 0.3) is 5.91 Å². The van der Waals surface area contributed by atoms with Crippen LogP contribution < -0.4 is 9.47 Å². The first-order valence-corrected chi connectivity index (χ1v) is 11.6. The molecule has 2 aliphatic rings. The van der Waals surface area contributed by atoms with Crippen molar-refractivity contribution in [3.05, 3.63) is 57.6 Å². The molecule has 0 aromatic heterocycles. The Bertz CT molecular complexity index is 1050. The van der Waals surface area contributed by atoms with E-state index < -0.39 is 5.60 Å². The smallest absolute Gasteiger partial charge is 0.260 e. The molecule has 5 nitrogen and oxygen atoms in total. The number of aryl methyl sites for hydroxylation is 2. The number of ether oxygens (including phenoxy) is 2. The van der Waals surface area contributed by atoms with Crippen LogP contribution in [0.4, 0.5) is 0 Å². The predicted molar refractivity (Wildman–Crippen MR) is 125 cm³/mol. The number of amides is 1. The molecule has 1 fully saturated rings. The molecule has 1 saturated heterocycles. The summed E-state index contributed by atoms with van der Waals surface area (Å²) in [4.78, 5) is 27.4. The van der Waals surface area contributed by atoms with Crippen molar-refractivity contribution in [2.45, 2.75) is 58.5 Å². The Morgan fingerprint density at radius 3 is 2.59 bits per heavy atom. The lowest BCUT2D eigenvalue weighted by molar-refractivity contribution is -0.136. The molecular formula is C26H30ClNO4. The zero-order valence-electron chi connectivity index (χ0n) is 19.2. The number of Topliss-reactive ketones (excluding diaryl/α,β-unsaturated/α-hetero) is 1. The van der Waals surface area contributed by atoms with Crippen molar-refractivity contribution in [1.82, 2.24) is 4.90 Å². The molecule has 0 atom stereocenters. The molecule has 32 heavy (non-hydrogen) atoms. The van der Waals surface area contributed by atoms with E-state index in [1.165, 1.54) is 0 Å². The maximum absolute atomic E-state index is 12.8.